The number of aromatic nitrogens is 2. The molecule has 1 heterocycles. The molecule has 36 heavy (non-hydrogen) atoms. The fraction of sp³-hybridized carbons (Fsp3) is 0.556. The molecule has 1 unspecified atom stereocenters. The van der Waals surface area contributed by atoms with Crippen molar-refractivity contribution < 1.29 is 19.4 Å². The molecule has 4 N–H and O–H groups in total. The number of aryl methyl sites for hydroxylation is 2. The third-order valence-corrected chi connectivity index (χ3v) is 6.60. The van der Waals surface area contributed by atoms with Gasteiger partial charge in [-0.3, -0.25) is 14.6 Å². The maximum absolute atomic E-state index is 12.4. The van der Waals surface area contributed by atoms with Gasteiger partial charge in [-0.1, -0.05) is 6.07 Å². The van der Waals surface area contributed by atoms with Gasteiger partial charge in [-0.15, -0.1) is 0 Å². The van der Waals surface area contributed by atoms with E-state index in [0.29, 0.717) is 31.0 Å². The van der Waals surface area contributed by atoms with Crippen LogP contribution in [0.3, 0.4) is 0 Å². The van der Waals surface area contributed by atoms with Gasteiger partial charge in [0.15, 0.2) is 17.5 Å². The smallest absolute Gasteiger partial charge is 0.188 e. The lowest BCUT2D eigenvalue weighted by molar-refractivity contribution is -0.127. The molecule has 1 aliphatic carbocycles. The second-order valence-electron chi connectivity index (χ2n) is 9.51. The number of carbonyl (C=O) groups is 2. The molecule has 1 aromatic heterocycles. The van der Waals surface area contributed by atoms with E-state index in [9.17, 15) is 14.7 Å². The Kier molecular flexibility index (Phi) is 10.8. The lowest BCUT2D eigenvalue weighted by atomic mass is 10.0. The molecule has 2 aromatic rings. The first-order valence-corrected chi connectivity index (χ1v) is 12.9. The highest BCUT2D eigenvalue weighted by molar-refractivity contribution is 5.99. The fourth-order valence-corrected chi connectivity index (χ4v) is 4.51. The number of nitrogens with one attached hydrogen (secondary N) is 1. The lowest BCUT2D eigenvalue weighted by Gasteiger charge is -2.19. The van der Waals surface area contributed by atoms with Crippen molar-refractivity contribution in [2.45, 2.75) is 89.3 Å². The molecule has 1 atom stereocenters. The van der Waals surface area contributed by atoms with Gasteiger partial charge in [0.2, 0.25) is 0 Å². The third kappa shape index (κ3) is 9.36. The van der Waals surface area contributed by atoms with E-state index in [4.69, 9.17) is 10.5 Å². The Bertz CT molecular complexity index is 1000. The van der Waals surface area contributed by atoms with Crippen LogP contribution in [0.1, 0.15) is 69.8 Å². The van der Waals surface area contributed by atoms with Gasteiger partial charge in [-0.05, 0) is 69.1 Å². The Labute approximate surface area is 213 Å². The molecule has 1 saturated carbocycles. The molecule has 3 rings (SSSR count). The molecule has 1 aliphatic rings. The number of aliphatic imine (C=N–C) groups is 1. The summed E-state index contributed by atoms with van der Waals surface area (Å²) in [6.45, 7) is 0.783. The van der Waals surface area contributed by atoms with Crippen molar-refractivity contribution in [3.05, 3.63) is 42.5 Å². The van der Waals surface area contributed by atoms with Gasteiger partial charge in [0.25, 0.3) is 0 Å². The topological polar surface area (TPSA) is 132 Å². The quantitative estimate of drug-likeness (QED) is 0.195. The number of imidazole rings is 1. The van der Waals surface area contributed by atoms with Crippen LogP contribution in [-0.4, -0.2) is 51.4 Å². The Balaban J connectivity index is 1.38. The maximum Gasteiger partial charge on any atom is 0.188 e. The van der Waals surface area contributed by atoms with Crippen LogP contribution in [0, 0.1) is 0 Å². The minimum atomic E-state index is -0.0662. The average Bonchev–Trinajstić information content (AvgIpc) is 3.57. The van der Waals surface area contributed by atoms with E-state index in [2.05, 4.69) is 15.3 Å². The number of phenolic OH excluding ortho intramolecular Hbond substituents is 1. The van der Waals surface area contributed by atoms with Crippen molar-refractivity contribution in [1.82, 2.24) is 14.9 Å². The van der Waals surface area contributed by atoms with Crippen LogP contribution in [-0.2, 0) is 22.6 Å². The Morgan fingerprint density at radius 3 is 2.75 bits per heavy atom. The standard InChI is InChI=1S/C27H39N5O4/c1-29-27(28)31-21(13-15-32-16-14-30-19-32)5-4-6-22(33)18-23(34)11-9-20-10-12-25(35)26(17-20)36-24-7-2-3-8-24/h10,12,14,16-17,19,21,24,35H,2-9,11,13,15,18H2,1H3,(H3,28,29,31). The van der Waals surface area contributed by atoms with Crippen molar-refractivity contribution in [1.29, 1.82) is 0 Å². The second kappa shape index (κ2) is 14.3. The summed E-state index contributed by atoms with van der Waals surface area (Å²) in [5.41, 5.74) is 6.77. The highest BCUT2D eigenvalue weighted by atomic mass is 16.5. The van der Waals surface area contributed by atoms with Gasteiger partial charge in [-0.2, -0.15) is 0 Å². The highest BCUT2D eigenvalue weighted by Gasteiger charge is 2.19. The van der Waals surface area contributed by atoms with E-state index in [1.54, 1.807) is 31.7 Å². The molecule has 0 radical (unpaired) electrons. The van der Waals surface area contributed by atoms with Crippen LogP contribution in [0.15, 0.2) is 41.9 Å². The Morgan fingerprint density at radius 1 is 1.25 bits per heavy atom. The number of ether oxygens (including phenoxy) is 1. The van der Waals surface area contributed by atoms with Crippen LogP contribution in [0.25, 0.3) is 0 Å². The third-order valence-electron chi connectivity index (χ3n) is 6.60. The first-order chi connectivity index (χ1) is 17.4. The molecule has 9 heteroatoms. The van der Waals surface area contributed by atoms with Gasteiger partial charge in [0, 0.05) is 44.9 Å². The molecular formula is C27H39N5O4. The lowest BCUT2D eigenvalue weighted by Crippen LogP contribution is -2.40. The van der Waals surface area contributed by atoms with Crippen LogP contribution in [0.2, 0.25) is 0 Å². The van der Waals surface area contributed by atoms with Gasteiger partial charge in [0.05, 0.1) is 18.9 Å². The first kappa shape index (κ1) is 27.2. The molecule has 0 aliphatic heterocycles. The zero-order valence-corrected chi connectivity index (χ0v) is 21.2. The second-order valence-corrected chi connectivity index (χ2v) is 9.51. The predicted molar refractivity (Wildman–Crippen MR) is 139 cm³/mol. The molecule has 1 aromatic carbocycles. The van der Waals surface area contributed by atoms with Gasteiger partial charge >= 0.3 is 0 Å². The van der Waals surface area contributed by atoms with Crippen LogP contribution in [0.5, 0.6) is 11.5 Å². The number of aromatic hydroxyl groups is 1. The average molecular weight is 498 g/mol. The summed E-state index contributed by atoms with van der Waals surface area (Å²) < 4.78 is 7.93. The van der Waals surface area contributed by atoms with Crippen molar-refractivity contribution >= 4 is 17.5 Å². The summed E-state index contributed by atoms with van der Waals surface area (Å²) in [7, 11) is 1.63. The molecule has 0 spiro atoms. The number of carbonyl (C=O) groups excluding carboxylic acids is 2. The van der Waals surface area contributed by atoms with Crippen molar-refractivity contribution in [3.8, 4) is 11.5 Å². The number of nitrogens with zero attached hydrogens (tertiary/aromatic N) is 3. The van der Waals surface area contributed by atoms with Crippen molar-refractivity contribution in [3.63, 3.8) is 0 Å². The number of ketones is 2. The molecule has 0 bridgehead atoms. The molecule has 196 valence electrons. The zero-order chi connectivity index (χ0) is 25.8. The molecular weight excluding hydrogens is 458 g/mol. The number of guanidine groups is 1. The molecule has 0 saturated heterocycles. The zero-order valence-electron chi connectivity index (χ0n) is 21.2. The van der Waals surface area contributed by atoms with Crippen LogP contribution >= 0.6 is 0 Å². The van der Waals surface area contributed by atoms with Crippen molar-refractivity contribution in [2.75, 3.05) is 7.05 Å². The minimum Gasteiger partial charge on any atom is -0.504 e. The maximum atomic E-state index is 12.4. The molecule has 1 fully saturated rings. The number of phenols is 1. The number of benzene rings is 1. The number of hydrogen-bond donors (Lipinski definition) is 3. The molecule has 9 nitrogen and oxygen atoms in total. The van der Waals surface area contributed by atoms with E-state index >= 15 is 0 Å². The van der Waals surface area contributed by atoms with Gasteiger partial charge < -0.3 is 25.5 Å². The van der Waals surface area contributed by atoms with E-state index < -0.39 is 0 Å². The van der Waals surface area contributed by atoms with Crippen LogP contribution in [0.4, 0.5) is 0 Å². The van der Waals surface area contributed by atoms with Gasteiger partial charge in [0.1, 0.15) is 11.6 Å². The monoisotopic (exact) mass is 497 g/mol. The number of hydrogen-bond acceptors (Lipinski definition) is 6. The normalized spacial score (nSPS) is 15.1. The van der Waals surface area contributed by atoms with Gasteiger partial charge in [-0.25, -0.2) is 4.98 Å². The minimum absolute atomic E-state index is 0.0403. The number of Topliss-reactive ketones (excluding diaryl/α,β-unsaturated/α-hetero) is 2. The van der Waals surface area contributed by atoms with E-state index in [0.717, 1.165) is 50.6 Å². The summed E-state index contributed by atoms with van der Waals surface area (Å²) in [6, 6.07) is 5.30. The summed E-state index contributed by atoms with van der Waals surface area (Å²) in [6.07, 6.45) is 13.2. The van der Waals surface area contributed by atoms with Crippen LogP contribution < -0.4 is 15.8 Å². The van der Waals surface area contributed by atoms with E-state index in [1.165, 1.54) is 0 Å². The Morgan fingerprint density at radius 2 is 2.03 bits per heavy atom. The first-order valence-electron chi connectivity index (χ1n) is 12.9. The summed E-state index contributed by atoms with van der Waals surface area (Å²) in [5, 5.41) is 13.3. The highest BCUT2D eigenvalue weighted by Crippen LogP contribution is 2.32. The van der Waals surface area contributed by atoms with Crippen molar-refractivity contribution in [2.24, 2.45) is 10.7 Å². The van der Waals surface area contributed by atoms with E-state index in [1.807, 2.05) is 16.8 Å². The SMILES string of the molecule is CN=C(N)NC(CCCC(=O)CC(=O)CCc1ccc(O)c(OC2CCCC2)c1)CCn1ccnc1. The number of rotatable bonds is 15. The predicted octanol–water partition coefficient (Wildman–Crippen LogP) is 3.53. The summed E-state index contributed by atoms with van der Waals surface area (Å²) in [4.78, 5) is 32.8. The summed E-state index contributed by atoms with van der Waals surface area (Å²) >= 11 is 0. The fourth-order valence-electron chi connectivity index (χ4n) is 4.51. The summed E-state index contributed by atoms with van der Waals surface area (Å²) in [5.74, 6) is 0.868. The number of nitrogens with two attached hydrogens (primary N) is 1. The largest absolute Gasteiger partial charge is 0.504 e. The Hall–Kier alpha value is -3.36. The molecule has 0 amide bonds. The van der Waals surface area contributed by atoms with E-state index in [-0.39, 0.29) is 42.3 Å².